The quantitative estimate of drug-likeness (QED) is 0.773. The van der Waals surface area contributed by atoms with Gasteiger partial charge in [0.15, 0.2) is 0 Å². The summed E-state index contributed by atoms with van der Waals surface area (Å²) < 4.78 is 1.94. The van der Waals surface area contributed by atoms with Crippen LogP contribution in [0.3, 0.4) is 0 Å². The lowest BCUT2D eigenvalue weighted by molar-refractivity contribution is 0.641. The summed E-state index contributed by atoms with van der Waals surface area (Å²) in [6.45, 7) is 8.70. The Morgan fingerprint density at radius 1 is 1.11 bits per heavy atom. The van der Waals surface area contributed by atoms with Crippen LogP contribution in [-0.2, 0) is 13.5 Å². The van der Waals surface area contributed by atoms with Crippen molar-refractivity contribution in [3.05, 3.63) is 5.69 Å². The number of nitrogens with zero attached hydrogens (tertiary/aromatic N) is 3. The summed E-state index contributed by atoms with van der Waals surface area (Å²) in [5.74, 6) is 1.11. The van der Waals surface area contributed by atoms with Gasteiger partial charge in [0.2, 0.25) is 0 Å². The minimum atomic E-state index is 0.868. The Labute approximate surface area is 111 Å². The topological polar surface area (TPSA) is 47.1 Å². The van der Waals surface area contributed by atoms with Gasteiger partial charge in [-0.05, 0) is 19.3 Å². The molecule has 18 heavy (non-hydrogen) atoms. The molecule has 0 spiro atoms. The van der Waals surface area contributed by atoms with E-state index >= 15 is 0 Å². The normalized spacial score (nSPS) is 10.9. The van der Waals surface area contributed by atoms with E-state index in [0.717, 1.165) is 36.7 Å². The highest BCUT2D eigenvalue weighted by Gasteiger charge is 2.17. The molecule has 0 amide bonds. The van der Waals surface area contributed by atoms with Crippen molar-refractivity contribution in [2.45, 2.75) is 52.9 Å². The van der Waals surface area contributed by atoms with Crippen LogP contribution in [0, 0.1) is 0 Å². The van der Waals surface area contributed by atoms with Gasteiger partial charge in [-0.1, -0.05) is 33.6 Å². The fraction of sp³-hybridized carbons (Fsp3) is 0.786. The third-order valence-electron chi connectivity index (χ3n) is 3.33. The standard InChI is InChI=1S/C14H28N4/c1-5-8-10-18(11-9-6-2)14-13(15)12(7-3)16-17(14)4/h5-11,15H2,1-4H3. The molecule has 0 aromatic carbocycles. The molecule has 4 heteroatoms. The van der Waals surface area contributed by atoms with Crippen LogP contribution >= 0.6 is 0 Å². The lowest BCUT2D eigenvalue weighted by atomic mass is 10.2. The van der Waals surface area contributed by atoms with Crippen LogP contribution in [0.1, 0.15) is 52.1 Å². The molecule has 0 unspecified atom stereocenters. The van der Waals surface area contributed by atoms with Gasteiger partial charge in [-0.25, -0.2) is 0 Å². The van der Waals surface area contributed by atoms with Crippen LogP contribution < -0.4 is 10.6 Å². The maximum absolute atomic E-state index is 6.23. The first-order valence-electron chi connectivity index (χ1n) is 7.21. The second-order valence-electron chi connectivity index (χ2n) is 4.86. The molecule has 1 rings (SSSR count). The largest absolute Gasteiger partial charge is 0.394 e. The van der Waals surface area contributed by atoms with Crippen molar-refractivity contribution in [3.63, 3.8) is 0 Å². The van der Waals surface area contributed by atoms with Gasteiger partial charge in [0.05, 0.1) is 11.4 Å². The highest BCUT2D eigenvalue weighted by atomic mass is 15.4. The minimum Gasteiger partial charge on any atom is -0.394 e. The number of hydrogen-bond donors (Lipinski definition) is 1. The zero-order valence-corrected chi connectivity index (χ0v) is 12.4. The molecule has 104 valence electrons. The van der Waals surface area contributed by atoms with E-state index in [-0.39, 0.29) is 0 Å². The summed E-state index contributed by atoms with van der Waals surface area (Å²) in [5.41, 5.74) is 8.12. The third kappa shape index (κ3) is 3.40. The van der Waals surface area contributed by atoms with Crippen LogP contribution in [0.15, 0.2) is 0 Å². The summed E-state index contributed by atoms with van der Waals surface area (Å²) >= 11 is 0. The monoisotopic (exact) mass is 252 g/mol. The average Bonchev–Trinajstić information content (AvgIpc) is 2.65. The Morgan fingerprint density at radius 2 is 1.67 bits per heavy atom. The maximum atomic E-state index is 6.23. The van der Waals surface area contributed by atoms with E-state index in [1.165, 1.54) is 25.7 Å². The van der Waals surface area contributed by atoms with Gasteiger partial charge in [0.25, 0.3) is 0 Å². The summed E-state index contributed by atoms with van der Waals surface area (Å²) in [7, 11) is 2.00. The Kier molecular flexibility index (Phi) is 6.02. The van der Waals surface area contributed by atoms with Gasteiger partial charge in [-0.3, -0.25) is 4.68 Å². The molecule has 0 bridgehead atoms. The number of hydrogen-bond acceptors (Lipinski definition) is 3. The Balaban J connectivity index is 2.92. The van der Waals surface area contributed by atoms with Crippen molar-refractivity contribution >= 4 is 11.5 Å². The molecule has 1 aromatic rings. The molecule has 0 aliphatic carbocycles. The Hall–Kier alpha value is -1.19. The molecule has 0 aliphatic rings. The zero-order valence-electron chi connectivity index (χ0n) is 12.4. The number of aromatic nitrogens is 2. The first kappa shape index (κ1) is 14.9. The highest BCUT2D eigenvalue weighted by Crippen LogP contribution is 2.27. The fourth-order valence-corrected chi connectivity index (χ4v) is 2.24. The molecule has 0 saturated carbocycles. The van der Waals surface area contributed by atoms with Crippen LogP contribution in [0.4, 0.5) is 11.5 Å². The van der Waals surface area contributed by atoms with Crippen LogP contribution in [-0.4, -0.2) is 22.9 Å². The summed E-state index contributed by atoms with van der Waals surface area (Å²) in [6, 6.07) is 0. The first-order chi connectivity index (χ1) is 8.65. The highest BCUT2D eigenvalue weighted by molar-refractivity contribution is 5.66. The molecule has 0 aliphatic heterocycles. The number of aryl methyl sites for hydroxylation is 2. The lowest BCUT2D eigenvalue weighted by Gasteiger charge is -2.25. The summed E-state index contributed by atoms with van der Waals surface area (Å²) in [4.78, 5) is 2.40. The SMILES string of the molecule is CCCCN(CCCC)c1c(N)c(CC)nn1C. The molecule has 1 heterocycles. The van der Waals surface area contributed by atoms with Gasteiger partial charge in [-0.2, -0.15) is 5.10 Å². The van der Waals surface area contributed by atoms with Gasteiger partial charge in [0, 0.05) is 20.1 Å². The van der Waals surface area contributed by atoms with Crippen molar-refractivity contribution in [1.29, 1.82) is 0 Å². The van der Waals surface area contributed by atoms with Crippen LogP contribution in [0.2, 0.25) is 0 Å². The van der Waals surface area contributed by atoms with Crippen LogP contribution in [0.5, 0.6) is 0 Å². The van der Waals surface area contributed by atoms with Crippen LogP contribution in [0.25, 0.3) is 0 Å². The average molecular weight is 252 g/mol. The molecule has 4 nitrogen and oxygen atoms in total. The predicted octanol–water partition coefficient (Wildman–Crippen LogP) is 2.97. The van der Waals surface area contributed by atoms with E-state index in [4.69, 9.17) is 5.73 Å². The molecule has 0 saturated heterocycles. The Bertz CT molecular complexity index is 349. The van der Waals surface area contributed by atoms with E-state index in [9.17, 15) is 0 Å². The van der Waals surface area contributed by atoms with E-state index in [1.807, 2.05) is 11.7 Å². The molecule has 0 radical (unpaired) electrons. The molecule has 0 fully saturated rings. The van der Waals surface area contributed by atoms with E-state index in [0.29, 0.717) is 0 Å². The molecule has 1 aromatic heterocycles. The zero-order chi connectivity index (χ0) is 13.5. The fourth-order valence-electron chi connectivity index (χ4n) is 2.24. The number of nitrogens with two attached hydrogens (primary N) is 1. The van der Waals surface area contributed by atoms with E-state index in [2.05, 4.69) is 30.8 Å². The van der Waals surface area contributed by atoms with Gasteiger partial charge in [-0.15, -0.1) is 0 Å². The number of unbranched alkanes of at least 4 members (excludes halogenated alkanes) is 2. The van der Waals surface area contributed by atoms with Gasteiger partial charge < -0.3 is 10.6 Å². The number of nitrogen functional groups attached to an aromatic ring is 1. The Morgan fingerprint density at radius 3 is 2.06 bits per heavy atom. The summed E-state index contributed by atoms with van der Waals surface area (Å²) in [6.07, 6.45) is 5.72. The van der Waals surface area contributed by atoms with E-state index < -0.39 is 0 Å². The molecule has 2 N–H and O–H groups in total. The smallest absolute Gasteiger partial charge is 0.150 e. The van der Waals surface area contributed by atoms with E-state index in [1.54, 1.807) is 0 Å². The predicted molar refractivity (Wildman–Crippen MR) is 79.0 cm³/mol. The first-order valence-corrected chi connectivity index (χ1v) is 7.21. The van der Waals surface area contributed by atoms with Crippen molar-refractivity contribution in [3.8, 4) is 0 Å². The number of anilines is 2. The van der Waals surface area contributed by atoms with Crippen molar-refractivity contribution in [1.82, 2.24) is 9.78 Å². The summed E-state index contributed by atoms with van der Waals surface area (Å²) in [5, 5.41) is 4.52. The molecular formula is C14H28N4. The molecular weight excluding hydrogens is 224 g/mol. The van der Waals surface area contributed by atoms with Gasteiger partial charge in [0.1, 0.15) is 5.82 Å². The van der Waals surface area contributed by atoms with Crippen molar-refractivity contribution < 1.29 is 0 Å². The van der Waals surface area contributed by atoms with Crippen molar-refractivity contribution in [2.75, 3.05) is 23.7 Å². The van der Waals surface area contributed by atoms with Crippen molar-refractivity contribution in [2.24, 2.45) is 7.05 Å². The third-order valence-corrected chi connectivity index (χ3v) is 3.33. The second kappa shape index (κ2) is 7.29. The number of rotatable bonds is 8. The lowest BCUT2D eigenvalue weighted by Crippen LogP contribution is -2.28. The van der Waals surface area contributed by atoms with Gasteiger partial charge >= 0.3 is 0 Å². The second-order valence-corrected chi connectivity index (χ2v) is 4.86. The maximum Gasteiger partial charge on any atom is 0.150 e. The minimum absolute atomic E-state index is 0.868. The molecule has 0 atom stereocenters.